The second-order valence-electron chi connectivity index (χ2n) is 7.11. The summed E-state index contributed by atoms with van der Waals surface area (Å²) in [5.41, 5.74) is 5.00. The molecule has 0 aliphatic carbocycles. The number of benzene rings is 2. The Balaban J connectivity index is 1.69. The Labute approximate surface area is 174 Å². The van der Waals surface area contributed by atoms with Crippen LogP contribution in [0.15, 0.2) is 59.1 Å². The summed E-state index contributed by atoms with van der Waals surface area (Å²) in [6.45, 7) is 5.90. The van der Waals surface area contributed by atoms with E-state index in [1.807, 2.05) is 62.4 Å². The molecule has 0 saturated carbocycles. The molecule has 0 saturated heterocycles. The summed E-state index contributed by atoms with van der Waals surface area (Å²) in [6, 6.07) is 17.6. The zero-order chi connectivity index (χ0) is 21.1. The highest BCUT2D eigenvalue weighted by Crippen LogP contribution is 2.23. The summed E-state index contributed by atoms with van der Waals surface area (Å²) >= 11 is 0. The van der Waals surface area contributed by atoms with Crippen molar-refractivity contribution in [1.29, 1.82) is 0 Å². The maximum absolute atomic E-state index is 12.8. The Bertz CT molecular complexity index is 1120. The normalized spacial score (nSPS) is 10.8. The van der Waals surface area contributed by atoms with Crippen molar-refractivity contribution in [2.45, 2.75) is 27.3 Å². The van der Waals surface area contributed by atoms with Gasteiger partial charge < -0.3 is 9.84 Å². The van der Waals surface area contributed by atoms with Crippen molar-refractivity contribution in [3.8, 4) is 22.6 Å². The van der Waals surface area contributed by atoms with E-state index in [9.17, 15) is 4.79 Å². The van der Waals surface area contributed by atoms with Crippen molar-refractivity contribution >= 4 is 5.91 Å². The monoisotopic (exact) mass is 399 g/mol. The van der Waals surface area contributed by atoms with Gasteiger partial charge in [-0.05, 0) is 26.8 Å². The molecule has 150 valence electrons. The van der Waals surface area contributed by atoms with Gasteiger partial charge in [0.25, 0.3) is 5.91 Å². The van der Waals surface area contributed by atoms with Crippen LogP contribution in [0.4, 0.5) is 0 Å². The standard InChI is InChI=1S/C23H21N5O2/c1-14-4-8-17(9-5-14)19-12-20(23(29)24-13-21-25-16(3)28-30-21)27-22(26-19)18-10-6-15(2)7-11-18/h4-12H,13H2,1-3H3,(H,24,29). The van der Waals surface area contributed by atoms with Gasteiger partial charge in [0.15, 0.2) is 11.6 Å². The summed E-state index contributed by atoms with van der Waals surface area (Å²) in [7, 11) is 0. The average molecular weight is 399 g/mol. The fraction of sp³-hybridized carbons (Fsp3) is 0.174. The van der Waals surface area contributed by atoms with Gasteiger partial charge in [-0.15, -0.1) is 0 Å². The van der Waals surface area contributed by atoms with E-state index in [2.05, 4.69) is 20.4 Å². The van der Waals surface area contributed by atoms with Crippen molar-refractivity contribution < 1.29 is 9.32 Å². The molecule has 0 radical (unpaired) electrons. The molecule has 0 aliphatic heterocycles. The lowest BCUT2D eigenvalue weighted by atomic mass is 10.1. The van der Waals surface area contributed by atoms with Crippen LogP contribution in [0.5, 0.6) is 0 Å². The first-order valence-corrected chi connectivity index (χ1v) is 9.58. The minimum Gasteiger partial charge on any atom is -0.342 e. The minimum atomic E-state index is -0.338. The molecule has 4 rings (SSSR count). The van der Waals surface area contributed by atoms with Crippen LogP contribution in [0.3, 0.4) is 0 Å². The molecule has 30 heavy (non-hydrogen) atoms. The predicted octanol–water partition coefficient (Wildman–Crippen LogP) is 4.05. The third kappa shape index (κ3) is 4.41. The van der Waals surface area contributed by atoms with Gasteiger partial charge in [-0.25, -0.2) is 9.97 Å². The van der Waals surface area contributed by atoms with E-state index >= 15 is 0 Å². The number of aryl methyl sites for hydroxylation is 3. The number of hydrogen-bond donors (Lipinski definition) is 1. The summed E-state index contributed by atoms with van der Waals surface area (Å²) in [6.07, 6.45) is 0. The highest BCUT2D eigenvalue weighted by Gasteiger charge is 2.15. The molecule has 0 spiro atoms. The van der Waals surface area contributed by atoms with Gasteiger partial charge in [0, 0.05) is 11.1 Å². The van der Waals surface area contributed by atoms with Crippen LogP contribution in [-0.2, 0) is 6.54 Å². The summed E-state index contributed by atoms with van der Waals surface area (Å²) in [5, 5.41) is 6.50. The van der Waals surface area contributed by atoms with Gasteiger partial charge in [-0.1, -0.05) is 64.8 Å². The van der Waals surface area contributed by atoms with Gasteiger partial charge >= 0.3 is 0 Å². The zero-order valence-electron chi connectivity index (χ0n) is 17.0. The molecule has 0 fully saturated rings. The Morgan fingerprint density at radius 1 is 0.867 bits per heavy atom. The first-order chi connectivity index (χ1) is 14.5. The molecule has 0 atom stereocenters. The first kappa shape index (κ1) is 19.4. The van der Waals surface area contributed by atoms with E-state index in [0.717, 1.165) is 22.3 Å². The molecule has 0 unspecified atom stereocenters. The smallest absolute Gasteiger partial charge is 0.270 e. The SMILES string of the molecule is Cc1ccc(-c2cc(C(=O)NCc3nc(C)no3)nc(-c3ccc(C)cc3)n2)cc1. The van der Waals surface area contributed by atoms with E-state index in [4.69, 9.17) is 9.51 Å². The maximum Gasteiger partial charge on any atom is 0.270 e. The topological polar surface area (TPSA) is 93.8 Å². The highest BCUT2D eigenvalue weighted by molar-refractivity contribution is 5.93. The van der Waals surface area contributed by atoms with Crippen LogP contribution in [0.25, 0.3) is 22.6 Å². The maximum atomic E-state index is 12.8. The van der Waals surface area contributed by atoms with Crippen molar-refractivity contribution in [2.24, 2.45) is 0 Å². The quantitative estimate of drug-likeness (QED) is 0.544. The molecular weight excluding hydrogens is 378 g/mol. The number of nitrogens with one attached hydrogen (secondary N) is 1. The largest absolute Gasteiger partial charge is 0.342 e. The number of amides is 1. The molecule has 0 aliphatic rings. The van der Waals surface area contributed by atoms with Crippen LogP contribution in [-0.4, -0.2) is 26.0 Å². The van der Waals surface area contributed by atoms with E-state index in [1.54, 1.807) is 13.0 Å². The van der Waals surface area contributed by atoms with E-state index in [-0.39, 0.29) is 18.1 Å². The Kier molecular flexibility index (Phi) is 5.34. The molecule has 7 heteroatoms. The van der Waals surface area contributed by atoms with Crippen LogP contribution in [0.2, 0.25) is 0 Å². The van der Waals surface area contributed by atoms with E-state index in [1.165, 1.54) is 0 Å². The Hall–Kier alpha value is -3.87. The molecule has 1 amide bonds. The third-order valence-electron chi connectivity index (χ3n) is 4.59. The summed E-state index contributed by atoms with van der Waals surface area (Å²) < 4.78 is 5.05. The van der Waals surface area contributed by atoms with E-state index < -0.39 is 0 Å². The number of hydrogen-bond acceptors (Lipinski definition) is 6. The van der Waals surface area contributed by atoms with Gasteiger partial charge in [-0.2, -0.15) is 4.98 Å². The van der Waals surface area contributed by atoms with Crippen LogP contribution in [0, 0.1) is 20.8 Å². The second-order valence-corrected chi connectivity index (χ2v) is 7.11. The summed E-state index contributed by atoms with van der Waals surface area (Å²) in [4.78, 5) is 26.1. The predicted molar refractivity (Wildman–Crippen MR) is 113 cm³/mol. The molecule has 2 heterocycles. The van der Waals surface area contributed by atoms with Crippen LogP contribution >= 0.6 is 0 Å². The lowest BCUT2D eigenvalue weighted by Gasteiger charge is -2.09. The molecule has 2 aromatic heterocycles. The number of aromatic nitrogens is 4. The van der Waals surface area contributed by atoms with Crippen molar-refractivity contribution in [3.63, 3.8) is 0 Å². The molecule has 1 N–H and O–H groups in total. The van der Waals surface area contributed by atoms with Gasteiger partial charge in [-0.3, -0.25) is 4.79 Å². The fourth-order valence-electron chi connectivity index (χ4n) is 2.93. The van der Waals surface area contributed by atoms with Gasteiger partial charge in [0.05, 0.1) is 12.2 Å². The number of rotatable bonds is 5. The number of nitrogens with zero attached hydrogens (tertiary/aromatic N) is 4. The lowest BCUT2D eigenvalue weighted by Crippen LogP contribution is -2.24. The zero-order valence-corrected chi connectivity index (χ0v) is 17.0. The van der Waals surface area contributed by atoms with Gasteiger partial charge in [0.2, 0.25) is 5.89 Å². The average Bonchev–Trinajstić information content (AvgIpc) is 3.18. The van der Waals surface area contributed by atoms with Gasteiger partial charge in [0.1, 0.15) is 5.69 Å². The second kappa shape index (κ2) is 8.24. The molecule has 4 aromatic rings. The molecule has 2 aromatic carbocycles. The van der Waals surface area contributed by atoms with Crippen molar-refractivity contribution in [2.75, 3.05) is 0 Å². The van der Waals surface area contributed by atoms with E-state index in [0.29, 0.717) is 23.2 Å². The number of carbonyl (C=O) groups excluding carboxylic acids is 1. The Morgan fingerprint density at radius 2 is 1.50 bits per heavy atom. The number of carbonyl (C=O) groups is 1. The third-order valence-corrected chi connectivity index (χ3v) is 4.59. The molecular formula is C23H21N5O2. The van der Waals surface area contributed by atoms with Crippen LogP contribution < -0.4 is 5.32 Å². The first-order valence-electron chi connectivity index (χ1n) is 9.58. The van der Waals surface area contributed by atoms with Crippen LogP contribution in [0.1, 0.15) is 33.3 Å². The molecule has 0 bridgehead atoms. The van der Waals surface area contributed by atoms with Crippen molar-refractivity contribution in [3.05, 3.63) is 83.1 Å². The minimum absolute atomic E-state index is 0.128. The Morgan fingerprint density at radius 3 is 2.10 bits per heavy atom. The lowest BCUT2D eigenvalue weighted by molar-refractivity contribution is 0.0941. The highest BCUT2D eigenvalue weighted by atomic mass is 16.5. The fourth-order valence-corrected chi connectivity index (χ4v) is 2.93. The molecule has 7 nitrogen and oxygen atoms in total. The van der Waals surface area contributed by atoms with Crippen molar-refractivity contribution in [1.82, 2.24) is 25.4 Å². The summed E-state index contributed by atoms with van der Waals surface area (Å²) in [5.74, 6) is 1.01.